The van der Waals surface area contributed by atoms with Gasteiger partial charge in [-0.1, -0.05) is 19.8 Å². The number of carbonyl (C=O) groups excluding carboxylic acids is 2. The topological polar surface area (TPSA) is 77.8 Å². The number of nitrogens with zero attached hydrogens (tertiary/aromatic N) is 2. The van der Waals surface area contributed by atoms with Crippen molar-refractivity contribution in [3.8, 4) is 0 Å². The minimum atomic E-state index is -0.627. The van der Waals surface area contributed by atoms with Crippen LogP contribution in [0.5, 0.6) is 0 Å². The Balaban J connectivity index is 1.54. The second kappa shape index (κ2) is 11.5. The van der Waals surface area contributed by atoms with Gasteiger partial charge in [-0.15, -0.1) is 0 Å². The van der Waals surface area contributed by atoms with E-state index in [9.17, 15) is 14.0 Å². The fourth-order valence-electron chi connectivity index (χ4n) is 3.76. The van der Waals surface area contributed by atoms with Crippen molar-refractivity contribution >= 4 is 17.5 Å². The van der Waals surface area contributed by atoms with Crippen molar-refractivity contribution in [2.45, 2.75) is 32.2 Å². The number of halogens is 1. The van der Waals surface area contributed by atoms with Gasteiger partial charge < -0.3 is 20.0 Å². The lowest BCUT2D eigenvalue weighted by atomic mass is 10.1. The molecule has 0 saturated carbocycles. The molecule has 1 saturated heterocycles. The van der Waals surface area contributed by atoms with Gasteiger partial charge in [0.05, 0.1) is 12.3 Å². The number of benzene rings is 1. The summed E-state index contributed by atoms with van der Waals surface area (Å²) >= 11 is 0. The van der Waals surface area contributed by atoms with Crippen molar-refractivity contribution in [2.24, 2.45) is 0 Å². The number of nitrogens with one attached hydrogen (secondary N) is 2. The Kier molecular flexibility index (Phi) is 8.46. The molecule has 2 N–H and O–H groups in total. The number of piperazine rings is 1. The molecule has 8 heteroatoms. The number of hydrogen-bond donors (Lipinski definition) is 2. The summed E-state index contributed by atoms with van der Waals surface area (Å²) in [5.41, 5.74) is 0.989. The molecule has 2 heterocycles. The SMILES string of the molecule is CCCCCNC(=O)C(=O)NC[C@H](c1ccco1)N1CCN(c2ccc(F)cc2)CC1. The smallest absolute Gasteiger partial charge is 0.309 e. The Bertz CT molecular complexity index is 818. The van der Waals surface area contributed by atoms with Gasteiger partial charge in [-0.25, -0.2) is 4.39 Å². The lowest BCUT2D eigenvalue weighted by Crippen LogP contribution is -2.50. The Morgan fingerprint density at radius 1 is 1.03 bits per heavy atom. The van der Waals surface area contributed by atoms with Crippen LogP contribution in [0.4, 0.5) is 10.1 Å². The molecule has 2 aromatic rings. The number of amides is 2. The first kappa shape index (κ1) is 22.8. The van der Waals surface area contributed by atoms with E-state index in [0.29, 0.717) is 6.54 Å². The average Bonchev–Trinajstić information content (AvgIpc) is 3.32. The first-order valence-electron chi connectivity index (χ1n) is 10.9. The van der Waals surface area contributed by atoms with Gasteiger partial charge in [0.25, 0.3) is 0 Å². The van der Waals surface area contributed by atoms with Crippen LogP contribution in [0.2, 0.25) is 0 Å². The van der Waals surface area contributed by atoms with Crippen molar-refractivity contribution in [1.29, 1.82) is 0 Å². The van der Waals surface area contributed by atoms with Gasteiger partial charge in [0.15, 0.2) is 0 Å². The highest BCUT2D eigenvalue weighted by molar-refractivity contribution is 6.35. The number of carbonyl (C=O) groups is 2. The molecule has 1 aliphatic rings. The molecule has 0 radical (unpaired) electrons. The number of furan rings is 1. The Morgan fingerprint density at radius 3 is 2.39 bits per heavy atom. The molecule has 7 nitrogen and oxygen atoms in total. The molecule has 0 aliphatic carbocycles. The zero-order chi connectivity index (χ0) is 22.1. The van der Waals surface area contributed by atoms with Gasteiger partial charge in [0.1, 0.15) is 11.6 Å². The van der Waals surface area contributed by atoms with E-state index in [4.69, 9.17) is 4.42 Å². The highest BCUT2D eigenvalue weighted by Crippen LogP contribution is 2.24. The first-order chi connectivity index (χ1) is 15.1. The summed E-state index contributed by atoms with van der Waals surface area (Å²) in [4.78, 5) is 28.7. The number of hydrogen-bond acceptors (Lipinski definition) is 5. The molecule has 1 fully saturated rings. The van der Waals surface area contributed by atoms with E-state index < -0.39 is 11.8 Å². The third-order valence-electron chi connectivity index (χ3n) is 5.55. The van der Waals surface area contributed by atoms with E-state index in [2.05, 4.69) is 27.4 Å². The van der Waals surface area contributed by atoms with E-state index in [-0.39, 0.29) is 18.4 Å². The molecule has 1 aliphatic heterocycles. The highest BCUT2D eigenvalue weighted by Gasteiger charge is 2.28. The van der Waals surface area contributed by atoms with Crippen molar-refractivity contribution in [3.05, 3.63) is 54.2 Å². The summed E-state index contributed by atoms with van der Waals surface area (Å²) in [7, 11) is 0. The van der Waals surface area contributed by atoms with Crippen molar-refractivity contribution < 1.29 is 18.4 Å². The summed E-state index contributed by atoms with van der Waals surface area (Å²) in [5, 5.41) is 5.41. The maximum atomic E-state index is 13.2. The molecule has 2 amide bonds. The Morgan fingerprint density at radius 2 is 1.74 bits per heavy atom. The second-order valence-corrected chi connectivity index (χ2v) is 7.70. The standard InChI is InChI=1S/C23H31FN4O3/c1-2-3-4-11-25-22(29)23(30)26-17-20(21-6-5-16-31-21)28-14-12-27(13-15-28)19-9-7-18(24)8-10-19/h5-10,16,20H,2-4,11-15,17H2,1H3,(H,25,29)(H,26,30)/t20-/m1/s1. The fourth-order valence-corrected chi connectivity index (χ4v) is 3.76. The molecule has 31 heavy (non-hydrogen) atoms. The maximum absolute atomic E-state index is 13.2. The molecule has 1 atom stereocenters. The average molecular weight is 431 g/mol. The van der Waals surface area contributed by atoms with Crippen LogP contribution in [0.25, 0.3) is 0 Å². The molecule has 168 valence electrons. The van der Waals surface area contributed by atoms with E-state index in [1.165, 1.54) is 12.1 Å². The first-order valence-corrected chi connectivity index (χ1v) is 10.9. The second-order valence-electron chi connectivity index (χ2n) is 7.70. The van der Waals surface area contributed by atoms with Crippen LogP contribution in [0.15, 0.2) is 47.1 Å². The summed E-state index contributed by atoms with van der Waals surface area (Å²) in [6.07, 6.45) is 4.55. The molecule has 3 rings (SSSR count). The van der Waals surface area contributed by atoms with Crippen molar-refractivity contribution in [3.63, 3.8) is 0 Å². The van der Waals surface area contributed by atoms with Crippen LogP contribution >= 0.6 is 0 Å². The molecular weight excluding hydrogens is 399 g/mol. The lowest BCUT2D eigenvalue weighted by Gasteiger charge is -2.39. The predicted molar refractivity (Wildman–Crippen MR) is 117 cm³/mol. The molecule has 0 unspecified atom stereocenters. The number of unbranched alkanes of at least 4 members (excludes halogenated alkanes) is 2. The summed E-state index contributed by atoms with van der Waals surface area (Å²) < 4.78 is 18.8. The van der Waals surface area contributed by atoms with Crippen molar-refractivity contribution in [1.82, 2.24) is 15.5 Å². The zero-order valence-electron chi connectivity index (χ0n) is 18.0. The van der Waals surface area contributed by atoms with Gasteiger partial charge in [-0.05, 0) is 42.8 Å². The quantitative estimate of drug-likeness (QED) is 0.473. The lowest BCUT2D eigenvalue weighted by molar-refractivity contribution is -0.139. The molecule has 1 aromatic heterocycles. The van der Waals surface area contributed by atoms with Crippen molar-refractivity contribution in [2.75, 3.05) is 44.2 Å². The monoisotopic (exact) mass is 430 g/mol. The van der Waals surface area contributed by atoms with Gasteiger partial charge in [0, 0.05) is 45.0 Å². The van der Waals surface area contributed by atoms with Crippen LogP contribution in [0.3, 0.4) is 0 Å². The Labute approximate surface area is 182 Å². The van der Waals surface area contributed by atoms with Gasteiger partial charge in [-0.3, -0.25) is 14.5 Å². The summed E-state index contributed by atoms with van der Waals surface area (Å²) in [6.45, 7) is 5.92. The highest BCUT2D eigenvalue weighted by atomic mass is 19.1. The largest absolute Gasteiger partial charge is 0.468 e. The predicted octanol–water partition coefficient (Wildman–Crippen LogP) is 2.70. The molecular formula is C23H31FN4O3. The van der Waals surface area contributed by atoms with Crippen LogP contribution in [-0.2, 0) is 9.59 Å². The van der Waals surface area contributed by atoms with Crippen LogP contribution in [0.1, 0.15) is 38.0 Å². The van der Waals surface area contributed by atoms with E-state index in [1.54, 1.807) is 18.4 Å². The third kappa shape index (κ3) is 6.55. The van der Waals surface area contributed by atoms with Gasteiger partial charge in [0.2, 0.25) is 0 Å². The normalized spacial score (nSPS) is 15.5. The van der Waals surface area contributed by atoms with Crippen LogP contribution in [-0.4, -0.2) is 56.0 Å². The fraction of sp³-hybridized carbons (Fsp3) is 0.478. The summed E-state index contributed by atoms with van der Waals surface area (Å²) in [6, 6.07) is 10.0. The Hall–Kier alpha value is -2.87. The van der Waals surface area contributed by atoms with E-state index in [0.717, 1.165) is 56.9 Å². The molecule has 0 bridgehead atoms. The number of anilines is 1. The summed E-state index contributed by atoms with van der Waals surface area (Å²) in [5.74, 6) is -0.724. The van der Waals surface area contributed by atoms with E-state index >= 15 is 0 Å². The van der Waals surface area contributed by atoms with Crippen LogP contribution < -0.4 is 15.5 Å². The molecule has 1 aromatic carbocycles. The van der Waals surface area contributed by atoms with E-state index in [1.807, 2.05) is 12.1 Å². The molecule has 0 spiro atoms. The zero-order valence-corrected chi connectivity index (χ0v) is 18.0. The maximum Gasteiger partial charge on any atom is 0.309 e. The third-order valence-corrected chi connectivity index (χ3v) is 5.55. The minimum absolute atomic E-state index is 0.165. The number of rotatable bonds is 9. The van der Waals surface area contributed by atoms with Gasteiger partial charge in [-0.2, -0.15) is 0 Å². The van der Waals surface area contributed by atoms with Gasteiger partial charge >= 0.3 is 11.8 Å². The van der Waals surface area contributed by atoms with Crippen LogP contribution in [0, 0.1) is 5.82 Å². The minimum Gasteiger partial charge on any atom is -0.468 e.